The van der Waals surface area contributed by atoms with Gasteiger partial charge >= 0.3 is 0 Å². The Labute approximate surface area is 94.0 Å². The van der Waals surface area contributed by atoms with Gasteiger partial charge in [0.1, 0.15) is 0 Å². The fourth-order valence-electron chi connectivity index (χ4n) is 1.64. The van der Waals surface area contributed by atoms with Crippen LogP contribution in [0.5, 0.6) is 0 Å². The molecule has 0 heteroatoms. The fraction of sp³-hybridized carbons (Fsp3) is 0.467. The highest BCUT2D eigenvalue weighted by atomic mass is 14.0. The van der Waals surface area contributed by atoms with Crippen molar-refractivity contribution >= 4 is 0 Å². The molecule has 0 atom stereocenters. The summed E-state index contributed by atoms with van der Waals surface area (Å²) in [5.74, 6) is 0. The Kier molecular flexibility index (Phi) is 5.84. The molecule has 0 fully saturated rings. The molecule has 0 radical (unpaired) electrons. The summed E-state index contributed by atoms with van der Waals surface area (Å²) in [5.41, 5.74) is 2.98. The summed E-state index contributed by atoms with van der Waals surface area (Å²) in [7, 11) is 0. The van der Waals surface area contributed by atoms with Crippen LogP contribution >= 0.6 is 0 Å². The predicted octanol–water partition coefficient (Wildman–Crippen LogP) is 4.76. The van der Waals surface area contributed by atoms with Crippen molar-refractivity contribution in [2.24, 2.45) is 0 Å². The van der Waals surface area contributed by atoms with Crippen LogP contribution in [0.2, 0.25) is 0 Å². The molecule has 1 aromatic rings. The number of hydrogen-bond donors (Lipinski definition) is 0. The zero-order chi connectivity index (χ0) is 10.9. The quantitative estimate of drug-likeness (QED) is 0.461. The van der Waals surface area contributed by atoms with E-state index in [1.165, 1.54) is 43.2 Å². The maximum atomic E-state index is 2.40. The number of rotatable bonds is 6. The standard InChI is InChI=1S/C15H22/c1-3-4-6-9-14(2)12-13-15-10-7-5-8-11-15/h5,7-11H,3-4,6,12-13H2,1-2H3/b14-9+. The molecule has 1 rings (SSSR count). The topological polar surface area (TPSA) is 0 Å². The molecular weight excluding hydrogens is 180 g/mol. The number of allylic oxidation sites excluding steroid dienone is 2. The van der Waals surface area contributed by atoms with Crippen molar-refractivity contribution in [2.75, 3.05) is 0 Å². The smallest absolute Gasteiger partial charge is 0.0242 e. The summed E-state index contributed by atoms with van der Waals surface area (Å²) in [5, 5.41) is 0. The summed E-state index contributed by atoms with van der Waals surface area (Å²) in [6.07, 6.45) is 8.64. The summed E-state index contributed by atoms with van der Waals surface area (Å²) >= 11 is 0. The largest absolute Gasteiger partial charge is 0.0856 e. The zero-order valence-electron chi connectivity index (χ0n) is 10.00. The lowest BCUT2D eigenvalue weighted by Crippen LogP contribution is -1.86. The van der Waals surface area contributed by atoms with Gasteiger partial charge in [0.05, 0.1) is 0 Å². The van der Waals surface area contributed by atoms with E-state index in [1.807, 2.05) is 0 Å². The lowest BCUT2D eigenvalue weighted by molar-refractivity contribution is 0.803. The van der Waals surface area contributed by atoms with Gasteiger partial charge in [-0.3, -0.25) is 0 Å². The van der Waals surface area contributed by atoms with Crippen LogP contribution in [0.3, 0.4) is 0 Å². The van der Waals surface area contributed by atoms with Crippen molar-refractivity contribution in [1.82, 2.24) is 0 Å². The molecule has 0 N–H and O–H groups in total. The van der Waals surface area contributed by atoms with Gasteiger partial charge in [0.25, 0.3) is 0 Å². The minimum absolute atomic E-state index is 1.18. The average molecular weight is 202 g/mol. The highest BCUT2D eigenvalue weighted by molar-refractivity contribution is 5.16. The molecule has 0 saturated heterocycles. The molecule has 0 aromatic heterocycles. The van der Waals surface area contributed by atoms with Crippen LogP contribution < -0.4 is 0 Å². The molecule has 0 bridgehead atoms. The normalized spacial score (nSPS) is 11.7. The molecule has 82 valence electrons. The fourth-order valence-corrected chi connectivity index (χ4v) is 1.64. The van der Waals surface area contributed by atoms with E-state index in [1.54, 1.807) is 0 Å². The van der Waals surface area contributed by atoms with Crippen LogP contribution in [0, 0.1) is 0 Å². The van der Waals surface area contributed by atoms with Crippen molar-refractivity contribution in [2.45, 2.75) is 46.0 Å². The molecule has 0 heterocycles. The summed E-state index contributed by atoms with van der Waals surface area (Å²) in [6.45, 7) is 4.49. The van der Waals surface area contributed by atoms with Crippen molar-refractivity contribution in [3.8, 4) is 0 Å². The Balaban J connectivity index is 2.28. The first kappa shape index (κ1) is 12.0. The van der Waals surface area contributed by atoms with Gasteiger partial charge in [-0.25, -0.2) is 0 Å². The van der Waals surface area contributed by atoms with E-state index in [2.05, 4.69) is 50.3 Å². The predicted molar refractivity (Wildman–Crippen MR) is 68.0 cm³/mol. The Morgan fingerprint density at radius 2 is 1.93 bits per heavy atom. The van der Waals surface area contributed by atoms with Crippen molar-refractivity contribution in [3.63, 3.8) is 0 Å². The van der Waals surface area contributed by atoms with Crippen molar-refractivity contribution in [3.05, 3.63) is 47.5 Å². The van der Waals surface area contributed by atoms with Crippen LogP contribution in [-0.2, 0) is 6.42 Å². The monoisotopic (exact) mass is 202 g/mol. The van der Waals surface area contributed by atoms with Crippen LogP contribution in [0.15, 0.2) is 42.0 Å². The second-order valence-corrected chi connectivity index (χ2v) is 4.18. The molecule has 0 saturated carbocycles. The van der Waals surface area contributed by atoms with E-state index >= 15 is 0 Å². The SMILES string of the molecule is CCCC/C=C(\C)CCc1ccccc1. The van der Waals surface area contributed by atoms with Gasteiger partial charge in [-0.1, -0.05) is 61.7 Å². The van der Waals surface area contributed by atoms with Gasteiger partial charge in [0.2, 0.25) is 0 Å². The number of hydrogen-bond acceptors (Lipinski definition) is 0. The van der Waals surface area contributed by atoms with Crippen molar-refractivity contribution in [1.29, 1.82) is 0 Å². The summed E-state index contributed by atoms with van der Waals surface area (Å²) < 4.78 is 0. The molecule has 0 unspecified atom stereocenters. The van der Waals surface area contributed by atoms with Gasteiger partial charge in [0, 0.05) is 0 Å². The van der Waals surface area contributed by atoms with E-state index in [4.69, 9.17) is 0 Å². The molecule has 0 nitrogen and oxygen atoms in total. The lowest BCUT2D eigenvalue weighted by atomic mass is 10.0. The zero-order valence-corrected chi connectivity index (χ0v) is 10.00. The third-order valence-electron chi connectivity index (χ3n) is 2.70. The first-order valence-corrected chi connectivity index (χ1v) is 6.02. The average Bonchev–Trinajstić information content (AvgIpc) is 2.28. The van der Waals surface area contributed by atoms with Crippen LogP contribution in [0.4, 0.5) is 0 Å². The van der Waals surface area contributed by atoms with E-state index in [0.29, 0.717) is 0 Å². The minimum atomic E-state index is 1.18. The molecule has 0 aliphatic rings. The van der Waals surface area contributed by atoms with Gasteiger partial charge in [-0.15, -0.1) is 0 Å². The molecular formula is C15H22. The van der Waals surface area contributed by atoms with E-state index in [-0.39, 0.29) is 0 Å². The van der Waals surface area contributed by atoms with Crippen LogP contribution in [0.1, 0.15) is 45.1 Å². The van der Waals surface area contributed by atoms with Gasteiger partial charge in [-0.05, 0) is 31.7 Å². The minimum Gasteiger partial charge on any atom is -0.0856 e. The molecule has 0 aliphatic carbocycles. The third kappa shape index (κ3) is 5.41. The molecule has 0 aliphatic heterocycles. The first-order chi connectivity index (χ1) is 7.33. The Bertz CT molecular complexity index is 282. The highest BCUT2D eigenvalue weighted by Gasteiger charge is 1.93. The van der Waals surface area contributed by atoms with Gasteiger partial charge in [-0.2, -0.15) is 0 Å². The first-order valence-electron chi connectivity index (χ1n) is 6.02. The maximum absolute atomic E-state index is 2.40. The molecule has 15 heavy (non-hydrogen) atoms. The van der Waals surface area contributed by atoms with E-state index < -0.39 is 0 Å². The third-order valence-corrected chi connectivity index (χ3v) is 2.70. The maximum Gasteiger partial charge on any atom is -0.0242 e. The molecule has 0 spiro atoms. The second-order valence-electron chi connectivity index (χ2n) is 4.18. The van der Waals surface area contributed by atoms with Gasteiger partial charge < -0.3 is 0 Å². The summed E-state index contributed by atoms with van der Waals surface area (Å²) in [6, 6.07) is 10.7. The molecule has 0 amide bonds. The number of benzene rings is 1. The number of unbranched alkanes of at least 4 members (excludes halogenated alkanes) is 2. The Morgan fingerprint density at radius 1 is 1.20 bits per heavy atom. The number of aryl methyl sites for hydroxylation is 1. The molecule has 1 aromatic carbocycles. The van der Waals surface area contributed by atoms with Crippen LogP contribution in [-0.4, -0.2) is 0 Å². The Morgan fingerprint density at radius 3 is 2.60 bits per heavy atom. The second kappa shape index (κ2) is 7.28. The highest BCUT2D eigenvalue weighted by Crippen LogP contribution is 2.10. The van der Waals surface area contributed by atoms with Crippen LogP contribution in [0.25, 0.3) is 0 Å². The summed E-state index contributed by atoms with van der Waals surface area (Å²) in [4.78, 5) is 0. The van der Waals surface area contributed by atoms with E-state index in [0.717, 1.165) is 0 Å². The van der Waals surface area contributed by atoms with Crippen molar-refractivity contribution < 1.29 is 0 Å². The van der Waals surface area contributed by atoms with Gasteiger partial charge in [0.15, 0.2) is 0 Å². The lowest BCUT2D eigenvalue weighted by Gasteiger charge is -2.02. The Hall–Kier alpha value is -1.04. The van der Waals surface area contributed by atoms with E-state index in [9.17, 15) is 0 Å².